The Morgan fingerprint density at radius 3 is 2.09 bits per heavy atom. The van der Waals surface area contributed by atoms with Gasteiger partial charge in [-0.05, 0) is 24.3 Å². The van der Waals surface area contributed by atoms with Crippen LogP contribution in [0.2, 0.25) is 0 Å². The zero-order valence-corrected chi connectivity index (χ0v) is 17.3. The molecule has 2 aliphatic rings. The van der Waals surface area contributed by atoms with E-state index >= 15 is 0 Å². The summed E-state index contributed by atoms with van der Waals surface area (Å²) in [5, 5.41) is 0. The molecule has 0 spiro atoms. The highest BCUT2D eigenvalue weighted by molar-refractivity contribution is 5.95. The molecule has 0 aliphatic carbocycles. The third kappa shape index (κ3) is 5.36. The number of halogens is 3. The second kappa shape index (κ2) is 9.15. The Kier molecular flexibility index (Phi) is 6.72. The van der Waals surface area contributed by atoms with Gasteiger partial charge in [0.15, 0.2) is 24.5 Å². The molecule has 1 fully saturated rings. The van der Waals surface area contributed by atoms with E-state index in [0.717, 1.165) is 26.0 Å². The largest absolute Gasteiger partial charge is 0.465 e. The fourth-order valence-corrected chi connectivity index (χ4v) is 3.34. The molecule has 0 aromatic heterocycles. The fourth-order valence-electron chi connectivity index (χ4n) is 3.34. The third-order valence-corrected chi connectivity index (χ3v) is 4.62. The van der Waals surface area contributed by atoms with Gasteiger partial charge in [-0.2, -0.15) is 13.2 Å². The normalized spacial score (nSPS) is 26.9. The Balaban J connectivity index is 1.89. The van der Waals surface area contributed by atoms with Crippen LogP contribution in [0.25, 0.3) is 0 Å². The molecule has 9 nitrogen and oxygen atoms in total. The van der Waals surface area contributed by atoms with Crippen molar-refractivity contribution < 1.29 is 51.2 Å². The van der Waals surface area contributed by atoms with Gasteiger partial charge in [0.2, 0.25) is 5.90 Å². The number of rotatable bonds is 5. The van der Waals surface area contributed by atoms with Crippen molar-refractivity contribution in [3.63, 3.8) is 0 Å². The zero-order valence-electron chi connectivity index (χ0n) is 17.3. The smallest absolute Gasteiger partial charge is 0.416 e. The lowest BCUT2D eigenvalue weighted by atomic mass is 9.98. The molecule has 2 aliphatic heterocycles. The number of esters is 3. The van der Waals surface area contributed by atoms with E-state index in [-0.39, 0.29) is 18.1 Å². The van der Waals surface area contributed by atoms with Crippen molar-refractivity contribution in [1.82, 2.24) is 0 Å². The number of alkyl halides is 3. The Hall–Kier alpha value is -3.15. The number of carbonyl (C=O) groups is 3. The Bertz CT molecular complexity index is 914. The van der Waals surface area contributed by atoms with Crippen molar-refractivity contribution in [1.29, 1.82) is 0 Å². The van der Waals surface area contributed by atoms with Crippen molar-refractivity contribution in [3.8, 4) is 0 Å². The molecule has 32 heavy (non-hydrogen) atoms. The van der Waals surface area contributed by atoms with Crippen LogP contribution in [0.3, 0.4) is 0 Å². The van der Waals surface area contributed by atoms with E-state index in [1.807, 2.05) is 0 Å². The Labute approximate surface area is 180 Å². The first-order chi connectivity index (χ1) is 15.0. The first-order valence-corrected chi connectivity index (χ1v) is 9.51. The number of aliphatic imine (C=N–C) groups is 1. The minimum absolute atomic E-state index is 0.0411. The second-order valence-electron chi connectivity index (χ2n) is 7.11. The average molecular weight is 459 g/mol. The topological polar surface area (TPSA) is 110 Å². The van der Waals surface area contributed by atoms with Crippen LogP contribution in [0.5, 0.6) is 0 Å². The van der Waals surface area contributed by atoms with Crippen LogP contribution in [-0.2, 0) is 44.2 Å². The van der Waals surface area contributed by atoms with Gasteiger partial charge in [-0.3, -0.25) is 14.4 Å². The monoisotopic (exact) mass is 459 g/mol. The number of hydrogen-bond acceptors (Lipinski definition) is 9. The molecule has 3 rings (SSSR count). The summed E-state index contributed by atoms with van der Waals surface area (Å²) in [6.45, 7) is 3.14. The maximum absolute atomic E-state index is 12.8. The Morgan fingerprint density at radius 1 is 0.969 bits per heavy atom. The molecule has 0 N–H and O–H groups in total. The lowest BCUT2D eigenvalue weighted by Gasteiger charge is -2.40. The highest BCUT2D eigenvalue weighted by Gasteiger charge is 2.54. The minimum Gasteiger partial charge on any atom is -0.465 e. The second-order valence-corrected chi connectivity index (χ2v) is 7.11. The van der Waals surface area contributed by atoms with Gasteiger partial charge in [-0.15, -0.1) is 0 Å². The maximum Gasteiger partial charge on any atom is 0.416 e. The van der Waals surface area contributed by atoms with Crippen molar-refractivity contribution in [2.45, 2.75) is 57.6 Å². The van der Waals surface area contributed by atoms with Crippen molar-refractivity contribution in [2.24, 2.45) is 4.99 Å². The van der Waals surface area contributed by atoms with E-state index in [1.165, 1.54) is 19.1 Å². The number of nitrogens with zero attached hydrogens (tertiary/aromatic N) is 1. The van der Waals surface area contributed by atoms with Gasteiger partial charge in [0, 0.05) is 26.3 Å². The third-order valence-electron chi connectivity index (χ3n) is 4.62. The molecule has 1 aromatic carbocycles. The van der Waals surface area contributed by atoms with Gasteiger partial charge in [0.25, 0.3) is 0 Å². The molecular formula is C20H20F3NO8. The predicted molar refractivity (Wildman–Crippen MR) is 99.3 cm³/mol. The number of hydrogen-bond donors (Lipinski definition) is 0. The van der Waals surface area contributed by atoms with Gasteiger partial charge in [-0.25, -0.2) is 4.99 Å². The molecule has 1 aromatic rings. The van der Waals surface area contributed by atoms with E-state index in [4.69, 9.17) is 23.7 Å². The summed E-state index contributed by atoms with van der Waals surface area (Å²) >= 11 is 0. The first-order valence-electron chi connectivity index (χ1n) is 9.51. The van der Waals surface area contributed by atoms with Crippen molar-refractivity contribution in [3.05, 3.63) is 35.4 Å². The fraction of sp³-hybridized carbons (Fsp3) is 0.500. The zero-order chi connectivity index (χ0) is 23.6. The van der Waals surface area contributed by atoms with Crippen molar-refractivity contribution in [2.75, 3.05) is 6.61 Å². The summed E-state index contributed by atoms with van der Waals surface area (Å²) < 4.78 is 65.5. The van der Waals surface area contributed by atoms with E-state index in [2.05, 4.69) is 4.99 Å². The van der Waals surface area contributed by atoms with Crippen LogP contribution in [0, 0.1) is 0 Å². The first kappa shape index (κ1) is 23.5. The summed E-state index contributed by atoms with van der Waals surface area (Å²) in [6.07, 6.45) is -9.99. The van der Waals surface area contributed by atoms with E-state index in [9.17, 15) is 27.6 Å². The van der Waals surface area contributed by atoms with Crippen LogP contribution < -0.4 is 0 Å². The minimum atomic E-state index is -4.50. The highest BCUT2D eigenvalue weighted by atomic mass is 19.4. The number of benzene rings is 1. The van der Waals surface area contributed by atoms with E-state index in [0.29, 0.717) is 0 Å². The number of carbonyl (C=O) groups excluding carboxylic acids is 3. The van der Waals surface area contributed by atoms with Crippen LogP contribution in [0.4, 0.5) is 13.2 Å². The predicted octanol–water partition coefficient (Wildman–Crippen LogP) is 2.00. The lowest BCUT2D eigenvalue weighted by Crippen LogP contribution is -2.60. The molecule has 174 valence electrons. The molecule has 5 atom stereocenters. The van der Waals surface area contributed by atoms with Gasteiger partial charge < -0.3 is 23.7 Å². The standard InChI is InChI=1S/C20H20F3NO8/c1-9(25)28-8-14-15(29-10(2)26)16(30-11(3)27)17-19(31-14)24-18(32-17)12-4-6-13(7-5-12)20(21,22)23/h4-7,14-17,19H,8H2,1-3H3/t14-,15-,16+,17-,19+/m1/s1. The molecule has 0 unspecified atom stereocenters. The van der Waals surface area contributed by atoms with Gasteiger partial charge in [0.05, 0.1) is 5.56 Å². The van der Waals surface area contributed by atoms with Crippen LogP contribution in [0.15, 0.2) is 29.3 Å². The average Bonchev–Trinajstić information content (AvgIpc) is 3.11. The van der Waals surface area contributed by atoms with Gasteiger partial charge in [-0.1, -0.05) is 0 Å². The van der Waals surface area contributed by atoms with E-state index in [1.54, 1.807) is 0 Å². The molecule has 1 saturated heterocycles. The summed E-state index contributed by atoms with van der Waals surface area (Å²) in [7, 11) is 0. The molecule has 0 amide bonds. The summed E-state index contributed by atoms with van der Waals surface area (Å²) in [5.74, 6) is -2.06. The molecular weight excluding hydrogens is 439 g/mol. The van der Waals surface area contributed by atoms with Crippen LogP contribution in [0.1, 0.15) is 31.9 Å². The van der Waals surface area contributed by atoms with Crippen LogP contribution >= 0.6 is 0 Å². The summed E-state index contributed by atoms with van der Waals surface area (Å²) in [5.41, 5.74) is -0.610. The molecule has 12 heteroatoms. The quantitative estimate of drug-likeness (QED) is 0.486. The molecule has 0 bridgehead atoms. The van der Waals surface area contributed by atoms with E-state index < -0.39 is 60.3 Å². The summed E-state index contributed by atoms with van der Waals surface area (Å²) in [4.78, 5) is 38.8. The summed E-state index contributed by atoms with van der Waals surface area (Å²) in [6, 6.07) is 4.11. The number of fused-ring (bicyclic) bond motifs is 1. The highest BCUT2D eigenvalue weighted by Crippen LogP contribution is 2.35. The Morgan fingerprint density at radius 2 is 1.56 bits per heavy atom. The number of ether oxygens (including phenoxy) is 5. The molecule has 0 radical (unpaired) electrons. The maximum atomic E-state index is 12.8. The van der Waals surface area contributed by atoms with Crippen LogP contribution in [-0.4, -0.2) is 61.1 Å². The van der Waals surface area contributed by atoms with Gasteiger partial charge in [0.1, 0.15) is 12.7 Å². The molecule has 2 heterocycles. The van der Waals surface area contributed by atoms with Crippen molar-refractivity contribution >= 4 is 23.8 Å². The van der Waals surface area contributed by atoms with Gasteiger partial charge >= 0.3 is 24.1 Å². The molecule has 0 saturated carbocycles. The lowest BCUT2D eigenvalue weighted by molar-refractivity contribution is -0.236. The SMILES string of the molecule is CC(=O)OC[C@H]1O[C@@H]2N=C(c3ccc(C(F)(F)F)cc3)O[C@@H]2[C@@H](OC(C)=O)[C@@H]1OC(C)=O.